The van der Waals surface area contributed by atoms with Gasteiger partial charge in [0, 0.05) is 32.0 Å². The molecule has 0 saturated carbocycles. The fourth-order valence-corrected chi connectivity index (χ4v) is 1.60. The minimum absolute atomic E-state index is 0.642. The maximum atomic E-state index is 5.38. The lowest BCUT2D eigenvalue weighted by molar-refractivity contribution is 0.0705. The lowest BCUT2D eigenvalue weighted by Gasteiger charge is -2.11. The van der Waals surface area contributed by atoms with Crippen molar-refractivity contribution in [3.8, 4) is 11.5 Å². The number of anilines is 1. The van der Waals surface area contributed by atoms with Gasteiger partial charge in [0.05, 0.1) is 27.4 Å². The molecule has 5 heteroatoms. The highest BCUT2D eigenvalue weighted by Gasteiger charge is 2.03. The van der Waals surface area contributed by atoms with Gasteiger partial charge in [-0.15, -0.1) is 0 Å². The molecule has 0 heterocycles. The molecule has 0 amide bonds. The van der Waals surface area contributed by atoms with Crippen LogP contribution in [0.1, 0.15) is 6.42 Å². The van der Waals surface area contributed by atoms with Crippen molar-refractivity contribution in [3.63, 3.8) is 0 Å². The van der Waals surface area contributed by atoms with Crippen molar-refractivity contribution in [2.75, 3.05) is 53.0 Å². The zero-order valence-electron chi connectivity index (χ0n) is 11.9. The summed E-state index contributed by atoms with van der Waals surface area (Å²) in [6.07, 6.45) is 0.943. The Morgan fingerprint density at radius 1 is 0.947 bits per heavy atom. The molecule has 1 N–H and O–H groups in total. The van der Waals surface area contributed by atoms with Crippen LogP contribution in [-0.2, 0) is 9.47 Å². The minimum atomic E-state index is 0.642. The Balaban J connectivity index is 2.26. The fraction of sp³-hybridized carbons (Fsp3) is 0.571. The van der Waals surface area contributed by atoms with Crippen LogP contribution < -0.4 is 14.8 Å². The molecule has 1 aromatic rings. The van der Waals surface area contributed by atoms with Crippen LogP contribution >= 0.6 is 0 Å². The van der Waals surface area contributed by atoms with Crippen molar-refractivity contribution in [2.24, 2.45) is 0 Å². The van der Waals surface area contributed by atoms with Gasteiger partial charge in [0.1, 0.15) is 0 Å². The Kier molecular flexibility index (Phi) is 7.77. The standard InChI is InChI=1S/C14H23NO4/c1-16-9-10-19-8-4-7-15-12-5-6-13(17-2)14(11-12)18-3/h5-6,11,15H,4,7-10H2,1-3H3. The molecule has 0 spiro atoms. The van der Waals surface area contributed by atoms with E-state index < -0.39 is 0 Å². The van der Waals surface area contributed by atoms with E-state index in [4.69, 9.17) is 18.9 Å². The van der Waals surface area contributed by atoms with E-state index in [2.05, 4.69) is 5.32 Å². The van der Waals surface area contributed by atoms with Gasteiger partial charge >= 0.3 is 0 Å². The highest BCUT2D eigenvalue weighted by Crippen LogP contribution is 2.29. The molecule has 0 saturated heterocycles. The topological polar surface area (TPSA) is 49.0 Å². The third-order valence-corrected chi connectivity index (χ3v) is 2.61. The predicted molar refractivity (Wildman–Crippen MR) is 75.3 cm³/mol. The second-order valence-corrected chi connectivity index (χ2v) is 3.96. The minimum Gasteiger partial charge on any atom is -0.493 e. The molecule has 0 atom stereocenters. The van der Waals surface area contributed by atoms with Gasteiger partial charge in [0.15, 0.2) is 11.5 Å². The maximum Gasteiger partial charge on any atom is 0.162 e. The number of hydrogen-bond donors (Lipinski definition) is 1. The average Bonchev–Trinajstić information content (AvgIpc) is 2.46. The molecule has 0 radical (unpaired) electrons. The van der Waals surface area contributed by atoms with E-state index in [9.17, 15) is 0 Å². The van der Waals surface area contributed by atoms with E-state index in [1.165, 1.54) is 0 Å². The second-order valence-electron chi connectivity index (χ2n) is 3.96. The number of rotatable bonds is 10. The summed E-state index contributed by atoms with van der Waals surface area (Å²) < 4.78 is 20.7. The summed E-state index contributed by atoms with van der Waals surface area (Å²) in [6.45, 7) is 2.86. The molecule has 19 heavy (non-hydrogen) atoms. The van der Waals surface area contributed by atoms with Gasteiger partial charge in [-0.1, -0.05) is 0 Å². The van der Waals surface area contributed by atoms with E-state index in [0.717, 1.165) is 36.8 Å². The molecular weight excluding hydrogens is 246 g/mol. The molecule has 0 bridgehead atoms. The molecule has 0 fully saturated rings. The van der Waals surface area contributed by atoms with Gasteiger partial charge in [-0.2, -0.15) is 0 Å². The first kappa shape index (κ1) is 15.6. The number of benzene rings is 1. The Bertz CT molecular complexity index is 357. The van der Waals surface area contributed by atoms with Crippen molar-refractivity contribution in [3.05, 3.63) is 18.2 Å². The molecule has 0 aliphatic heterocycles. The molecular formula is C14H23NO4. The highest BCUT2D eigenvalue weighted by atomic mass is 16.5. The van der Waals surface area contributed by atoms with Gasteiger partial charge in [-0.3, -0.25) is 0 Å². The Morgan fingerprint density at radius 3 is 2.42 bits per heavy atom. The molecule has 0 aromatic heterocycles. The van der Waals surface area contributed by atoms with Gasteiger partial charge in [0.25, 0.3) is 0 Å². The van der Waals surface area contributed by atoms with E-state index in [-0.39, 0.29) is 0 Å². The predicted octanol–water partition coefficient (Wildman–Crippen LogP) is 2.17. The first-order chi connectivity index (χ1) is 9.31. The van der Waals surface area contributed by atoms with E-state index in [1.807, 2.05) is 18.2 Å². The number of ether oxygens (including phenoxy) is 4. The van der Waals surface area contributed by atoms with Crippen molar-refractivity contribution < 1.29 is 18.9 Å². The van der Waals surface area contributed by atoms with Crippen LogP contribution in [0.4, 0.5) is 5.69 Å². The number of methoxy groups -OCH3 is 3. The Morgan fingerprint density at radius 2 is 1.74 bits per heavy atom. The quantitative estimate of drug-likeness (QED) is 0.660. The number of nitrogens with one attached hydrogen (secondary N) is 1. The summed E-state index contributed by atoms with van der Waals surface area (Å²) in [5, 5.41) is 3.31. The van der Waals surface area contributed by atoms with Gasteiger partial charge in [-0.05, 0) is 18.6 Å². The van der Waals surface area contributed by atoms with Crippen molar-refractivity contribution in [1.82, 2.24) is 0 Å². The van der Waals surface area contributed by atoms with Gasteiger partial charge < -0.3 is 24.3 Å². The first-order valence-electron chi connectivity index (χ1n) is 6.34. The van der Waals surface area contributed by atoms with Crippen LogP contribution in [0.25, 0.3) is 0 Å². The van der Waals surface area contributed by atoms with Crippen LogP contribution in [0.5, 0.6) is 11.5 Å². The first-order valence-corrected chi connectivity index (χ1v) is 6.34. The van der Waals surface area contributed by atoms with E-state index in [0.29, 0.717) is 13.2 Å². The molecule has 0 unspecified atom stereocenters. The van der Waals surface area contributed by atoms with Crippen LogP contribution in [0, 0.1) is 0 Å². The summed E-state index contributed by atoms with van der Waals surface area (Å²) in [5.74, 6) is 1.46. The van der Waals surface area contributed by atoms with Crippen LogP contribution in [0.15, 0.2) is 18.2 Å². The Labute approximate surface area is 114 Å². The largest absolute Gasteiger partial charge is 0.493 e. The van der Waals surface area contributed by atoms with Crippen LogP contribution in [0.2, 0.25) is 0 Å². The highest BCUT2D eigenvalue weighted by molar-refractivity contribution is 5.54. The summed E-state index contributed by atoms with van der Waals surface area (Å²) in [5.41, 5.74) is 1.01. The zero-order chi connectivity index (χ0) is 13.9. The second kappa shape index (κ2) is 9.47. The molecule has 108 valence electrons. The molecule has 0 aliphatic carbocycles. The maximum absolute atomic E-state index is 5.38. The van der Waals surface area contributed by atoms with Crippen molar-refractivity contribution in [2.45, 2.75) is 6.42 Å². The Hall–Kier alpha value is -1.46. The third kappa shape index (κ3) is 5.81. The van der Waals surface area contributed by atoms with Crippen LogP contribution in [0.3, 0.4) is 0 Å². The van der Waals surface area contributed by atoms with Crippen molar-refractivity contribution in [1.29, 1.82) is 0 Å². The summed E-state index contributed by atoms with van der Waals surface area (Å²) in [6, 6.07) is 5.77. The fourth-order valence-electron chi connectivity index (χ4n) is 1.60. The lowest BCUT2D eigenvalue weighted by Crippen LogP contribution is -2.08. The number of hydrogen-bond acceptors (Lipinski definition) is 5. The third-order valence-electron chi connectivity index (χ3n) is 2.61. The molecule has 1 aromatic carbocycles. The normalized spacial score (nSPS) is 10.3. The van der Waals surface area contributed by atoms with Crippen LogP contribution in [-0.4, -0.2) is 47.7 Å². The SMILES string of the molecule is COCCOCCCNc1ccc(OC)c(OC)c1. The monoisotopic (exact) mass is 269 g/mol. The smallest absolute Gasteiger partial charge is 0.162 e. The lowest BCUT2D eigenvalue weighted by atomic mass is 10.2. The van der Waals surface area contributed by atoms with Gasteiger partial charge in [0.2, 0.25) is 0 Å². The summed E-state index contributed by atoms with van der Waals surface area (Å²) in [4.78, 5) is 0. The summed E-state index contributed by atoms with van der Waals surface area (Å²) in [7, 11) is 4.93. The molecule has 0 aliphatic rings. The van der Waals surface area contributed by atoms with Gasteiger partial charge in [-0.25, -0.2) is 0 Å². The average molecular weight is 269 g/mol. The van der Waals surface area contributed by atoms with E-state index in [1.54, 1.807) is 21.3 Å². The van der Waals surface area contributed by atoms with Crippen molar-refractivity contribution >= 4 is 5.69 Å². The zero-order valence-corrected chi connectivity index (χ0v) is 11.9. The summed E-state index contributed by atoms with van der Waals surface area (Å²) >= 11 is 0. The van der Waals surface area contributed by atoms with E-state index >= 15 is 0 Å². The molecule has 1 rings (SSSR count). The molecule has 5 nitrogen and oxygen atoms in total.